The second kappa shape index (κ2) is 8.03. The Hall–Kier alpha value is -1.76. The van der Waals surface area contributed by atoms with E-state index in [0.717, 1.165) is 0 Å². The van der Waals surface area contributed by atoms with E-state index in [-0.39, 0.29) is 24.1 Å². The van der Waals surface area contributed by atoms with Gasteiger partial charge in [-0.2, -0.15) is 13.2 Å². The van der Waals surface area contributed by atoms with Crippen LogP contribution in [0, 0.1) is 5.92 Å². The fraction of sp³-hybridized carbons (Fsp3) is 0.533. The summed E-state index contributed by atoms with van der Waals surface area (Å²) in [5.41, 5.74) is 6.21. The molecule has 0 spiro atoms. The van der Waals surface area contributed by atoms with Gasteiger partial charge in [0.2, 0.25) is 5.91 Å². The molecule has 0 heterocycles. The summed E-state index contributed by atoms with van der Waals surface area (Å²) in [6.45, 7) is 2.60. The maximum Gasteiger partial charge on any atom is 0.422 e. The van der Waals surface area contributed by atoms with Gasteiger partial charge in [-0.25, -0.2) is 0 Å². The average molecular weight is 318 g/mol. The van der Waals surface area contributed by atoms with Crippen LogP contribution in [-0.4, -0.2) is 24.7 Å². The van der Waals surface area contributed by atoms with Crippen LogP contribution < -0.4 is 15.8 Å². The number of amides is 1. The topological polar surface area (TPSA) is 64.4 Å². The van der Waals surface area contributed by atoms with E-state index in [9.17, 15) is 18.0 Å². The van der Waals surface area contributed by atoms with Gasteiger partial charge in [0.05, 0.1) is 6.04 Å². The Morgan fingerprint density at radius 1 is 1.32 bits per heavy atom. The van der Waals surface area contributed by atoms with E-state index in [1.54, 1.807) is 18.2 Å². The molecule has 0 aliphatic carbocycles. The first kappa shape index (κ1) is 18.3. The lowest BCUT2D eigenvalue weighted by Crippen LogP contribution is -2.41. The predicted octanol–water partition coefficient (Wildman–Crippen LogP) is 2.62. The van der Waals surface area contributed by atoms with Crippen LogP contribution in [0.15, 0.2) is 24.3 Å². The second-order valence-corrected chi connectivity index (χ2v) is 5.47. The molecule has 1 amide bonds. The van der Waals surface area contributed by atoms with Crippen molar-refractivity contribution < 1.29 is 22.7 Å². The van der Waals surface area contributed by atoms with Crippen LogP contribution in [-0.2, 0) is 11.3 Å². The number of para-hydroxylation sites is 1. The number of hydrogen-bond acceptors (Lipinski definition) is 3. The van der Waals surface area contributed by atoms with Crippen molar-refractivity contribution in [2.75, 3.05) is 6.61 Å². The smallest absolute Gasteiger partial charge is 0.422 e. The Labute approximate surface area is 127 Å². The number of rotatable bonds is 7. The molecule has 0 aliphatic heterocycles. The molecule has 1 aromatic carbocycles. The Morgan fingerprint density at radius 3 is 2.55 bits per heavy atom. The molecule has 22 heavy (non-hydrogen) atoms. The van der Waals surface area contributed by atoms with Crippen molar-refractivity contribution in [2.45, 2.75) is 39.0 Å². The van der Waals surface area contributed by atoms with E-state index >= 15 is 0 Å². The molecule has 1 atom stereocenters. The number of ether oxygens (including phenoxy) is 1. The summed E-state index contributed by atoms with van der Waals surface area (Å²) in [5.74, 6) is 0.0417. The highest BCUT2D eigenvalue weighted by Gasteiger charge is 2.28. The summed E-state index contributed by atoms with van der Waals surface area (Å²) in [6.07, 6.45) is -3.87. The van der Waals surface area contributed by atoms with Gasteiger partial charge in [-0.3, -0.25) is 4.79 Å². The molecule has 0 bridgehead atoms. The largest absolute Gasteiger partial charge is 0.484 e. The Morgan fingerprint density at radius 2 is 1.95 bits per heavy atom. The lowest BCUT2D eigenvalue weighted by molar-refractivity contribution is -0.153. The van der Waals surface area contributed by atoms with Crippen LogP contribution in [0.2, 0.25) is 0 Å². The number of carbonyl (C=O) groups is 1. The van der Waals surface area contributed by atoms with E-state index in [2.05, 4.69) is 5.32 Å². The fourth-order valence-electron chi connectivity index (χ4n) is 1.88. The van der Waals surface area contributed by atoms with Gasteiger partial charge in [-0.1, -0.05) is 32.0 Å². The van der Waals surface area contributed by atoms with Crippen molar-refractivity contribution in [3.05, 3.63) is 29.8 Å². The first-order valence-corrected chi connectivity index (χ1v) is 7.00. The molecule has 0 radical (unpaired) electrons. The summed E-state index contributed by atoms with van der Waals surface area (Å²) in [7, 11) is 0. The third-order valence-electron chi connectivity index (χ3n) is 2.88. The molecule has 0 saturated carbocycles. The molecule has 1 aromatic rings. The molecule has 0 aliphatic rings. The zero-order chi connectivity index (χ0) is 16.8. The molecule has 3 N–H and O–H groups in total. The fourth-order valence-corrected chi connectivity index (χ4v) is 1.88. The predicted molar refractivity (Wildman–Crippen MR) is 77.3 cm³/mol. The Bertz CT molecular complexity index is 490. The molecule has 124 valence electrons. The third kappa shape index (κ3) is 6.80. The average Bonchev–Trinajstić information content (AvgIpc) is 2.41. The maximum absolute atomic E-state index is 12.2. The van der Waals surface area contributed by atoms with Gasteiger partial charge in [0.25, 0.3) is 0 Å². The Balaban J connectivity index is 2.60. The lowest BCUT2D eigenvalue weighted by atomic mass is 10.0. The minimum absolute atomic E-state index is 0.0681. The number of halogens is 3. The van der Waals surface area contributed by atoms with E-state index in [1.807, 2.05) is 13.8 Å². The van der Waals surface area contributed by atoms with Crippen LogP contribution in [0.3, 0.4) is 0 Å². The van der Waals surface area contributed by atoms with Gasteiger partial charge in [-0.05, 0) is 18.4 Å². The van der Waals surface area contributed by atoms with Crippen LogP contribution in [0.5, 0.6) is 5.75 Å². The lowest BCUT2D eigenvalue weighted by Gasteiger charge is -2.16. The van der Waals surface area contributed by atoms with Gasteiger partial charge in [0.15, 0.2) is 6.61 Å². The van der Waals surface area contributed by atoms with Gasteiger partial charge in [0, 0.05) is 12.1 Å². The van der Waals surface area contributed by atoms with Crippen molar-refractivity contribution in [2.24, 2.45) is 11.7 Å². The van der Waals surface area contributed by atoms with Gasteiger partial charge in [0.1, 0.15) is 5.75 Å². The molecule has 4 nitrogen and oxygen atoms in total. The molecule has 0 fully saturated rings. The first-order valence-electron chi connectivity index (χ1n) is 7.00. The van der Waals surface area contributed by atoms with E-state index in [4.69, 9.17) is 10.5 Å². The molecular formula is C15H21F3N2O2. The van der Waals surface area contributed by atoms with Gasteiger partial charge in [-0.15, -0.1) is 0 Å². The highest BCUT2D eigenvalue weighted by atomic mass is 19.4. The normalized spacial score (nSPS) is 13.0. The number of alkyl halides is 3. The molecular weight excluding hydrogens is 297 g/mol. The van der Waals surface area contributed by atoms with Gasteiger partial charge < -0.3 is 15.8 Å². The SMILES string of the molecule is CC(C)C[C@H](N)C(=O)NCc1ccccc1OCC(F)(F)F. The standard InChI is InChI=1S/C15H21F3N2O2/c1-10(2)7-12(19)14(21)20-8-11-5-3-4-6-13(11)22-9-15(16,17)18/h3-6,10,12H,7-9,19H2,1-2H3,(H,20,21)/t12-/m0/s1. The monoisotopic (exact) mass is 318 g/mol. The molecule has 7 heteroatoms. The maximum atomic E-state index is 12.2. The van der Waals surface area contributed by atoms with Crippen molar-refractivity contribution in [1.29, 1.82) is 0 Å². The summed E-state index contributed by atoms with van der Waals surface area (Å²) in [4.78, 5) is 11.8. The van der Waals surface area contributed by atoms with Crippen molar-refractivity contribution in [1.82, 2.24) is 5.32 Å². The van der Waals surface area contributed by atoms with Crippen molar-refractivity contribution in [3.8, 4) is 5.75 Å². The molecule has 0 aromatic heterocycles. The molecule has 1 rings (SSSR count). The number of nitrogens with one attached hydrogen (secondary N) is 1. The number of hydrogen-bond donors (Lipinski definition) is 2. The van der Waals surface area contributed by atoms with E-state index in [1.165, 1.54) is 6.07 Å². The molecule has 0 unspecified atom stereocenters. The van der Waals surface area contributed by atoms with E-state index in [0.29, 0.717) is 12.0 Å². The number of carbonyl (C=O) groups excluding carboxylic acids is 1. The Kier molecular flexibility index (Phi) is 6.67. The van der Waals surface area contributed by atoms with Crippen LogP contribution in [0.4, 0.5) is 13.2 Å². The summed E-state index contributed by atoms with van der Waals surface area (Å²) >= 11 is 0. The summed E-state index contributed by atoms with van der Waals surface area (Å²) in [5, 5.41) is 2.62. The summed E-state index contributed by atoms with van der Waals surface area (Å²) < 4.78 is 41.4. The van der Waals surface area contributed by atoms with Crippen LogP contribution in [0.1, 0.15) is 25.8 Å². The highest BCUT2D eigenvalue weighted by molar-refractivity contribution is 5.81. The number of nitrogens with two attached hydrogens (primary N) is 1. The zero-order valence-electron chi connectivity index (χ0n) is 12.6. The van der Waals surface area contributed by atoms with Gasteiger partial charge >= 0.3 is 6.18 Å². The molecule has 0 saturated heterocycles. The summed E-state index contributed by atoms with van der Waals surface area (Å²) in [6, 6.07) is 5.63. The number of benzene rings is 1. The zero-order valence-corrected chi connectivity index (χ0v) is 12.6. The minimum atomic E-state index is -4.41. The van der Waals surface area contributed by atoms with E-state index < -0.39 is 18.8 Å². The van der Waals surface area contributed by atoms with Crippen LogP contribution >= 0.6 is 0 Å². The first-order chi connectivity index (χ1) is 10.2. The third-order valence-corrected chi connectivity index (χ3v) is 2.88. The van der Waals surface area contributed by atoms with Crippen molar-refractivity contribution in [3.63, 3.8) is 0 Å². The highest BCUT2D eigenvalue weighted by Crippen LogP contribution is 2.22. The quantitative estimate of drug-likeness (QED) is 0.812. The van der Waals surface area contributed by atoms with Crippen molar-refractivity contribution >= 4 is 5.91 Å². The van der Waals surface area contributed by atoms with Crippen LogP contribution in [0.25, 0.3) is 0 Å². The second-order valence-electron chi connectivity index (χ2n) is 5.47. The minimum Gasteiger partial charge on any atom is -0.484 e.